The first kappa shape index (κ1) is 17.9. The topological polar surface area (TPSA) is 79.6 Å². The molecule has 0 radical (unpaired) electrons. The van der Waals surface area contributed by atoms with Crippen molar-refractivity contribution in [2.75, 3.05) is 33.3 Å². The lowest BCUT2D eigenvalue weighted by Gasteiger charge is -2.39. The molecule has 2 aromatic rings. The van der Waals surface area contributed by atoms with Gasteiger partial charge in [-0.05, 0) is 50.1 Å². The number of hydrogen-bond acceptors (Lipinski definition) is 5. The van der Waals surface area contributed by atoms with Crippen LogP contribution in [0.1, 0.15) is 25.0 Å². The Kier molecular flexibility index (Phi) is 5.03. The van der Waals surface area contributed by atoms with E-state index in [2.05, 4.69) is 15.8 Å². The first-order valence-electron chi connectivity index (χ1n) is 9.51. The highest BCUT2D eigenvalue weighted by Gasteiger charge is 2.39. The average Bonchev–Trinajstić information content (AvgIpc) is 3.36. The number of rotatable bonds is 4. The number of benzene rings is 1. The number of urea groups is 1. The summed E-state index contributed by atoms with van der Waals surface area (Å²) in [6, 6.07) is 9.47. The maximum Gasteiger partial charge on any atom is 0.317 e. The zero-order valence-corrected chi connectivity index (χ0v) is 15.7. The van der Waals surface area contributed by atoms with Gasteiger partial charge in [-0.1, -0.05) is 5.16 Å². The van der Waals surface area contributed by atoms with Crippen LogP contribution in [0.25, 0.3) is 11.3 Å². The van der Waals surface area contributed by atoms with Crippen LogP contribution in [0.15, 0.2) is 34.9 Å². The molecule has 144 valence electrons. The summed E-state index contributed by atoms with van der Waals surface area (Å²) in [5.41, 5.74) is 1.96. The third kappa shape index (κ3) is 3.93. The molecule has 3 heterocycles. The van der Waals surface area contributed by atoms with Crippen molar-refractivity contribution in [1.82, 2.24) is 20.7 Å². The largest absolute Gasteiger partial charge is 0.497 e. The second kappa shape index (κ2) is 7.60. The maximum atomic E-state index is 12.6. The van der Waals surface area contributed by atoms with Gasteiger partial charge in [0.1, 0.15) is 11.4 Å². The van der Waals surface area contributed by atoms with Crippen LogP contribution in [0.2, 0.25) is 0 Å². The van der Waals surface area contributed by atoms with Crippen molar-refractivity contribution < 1.29 is 14.1 Å². The van der Waals surface area contributed by atoms with Crippen LogP contribution < -0.4 is 15.4 Å². The van der Waals surface area contributed by atoms with Gasteiger partial charge < -0.3 is 24.8 Å². The molecule has 2 aliphatic rings. The van der Waals surface area contributed by atoms with Crippen molar-refractivity contribution in [2.45, 2.75) is 25.8 Å². The lowest BCUT2D eigenvalue weighted by molar-refractivity contribution is 0.117. The molecule has 0 aliphatic carbocycles. The second-order valence-corrected chi connectivity index (χ2v) is 7.52. The fourth-order valence-electron chi connectivity index (χ4n) is 4.09. The van der Waals surface area contributed by atoms with Gasteiger partial charge >= 0.3 is 6.03 Å². The normalized spacial score (nSPS) is 22.2. The predicted molar refractivity (Wildman–Crippen MR) is 101 cm³/mol. The third-order valence-corrected chi connectivity index (χ3v) is 5.64. The molecule has 1 aromatic carbocycles. The van der Waals surface area contributed by atoms with Crippen molar-refractivity contribution in [3.8, 4) is 17.0 Å². The van der Waals surface area contributed by atoms with Gasteiger partial charge in [0.25, 0.3) is 0 Å². The first-order chi connectivity index (χ1) is 13.2. The van der Waals surface area contributed by atoms with Crippen molar-refractivity contribution >= 4 is 6.03 Å². The fourth-order valence-corrected chi connectivity index (χ4v) is 4.09. The van der Waals surface area contributed by atoms with Crippen LogP contribution in [0.3, 0.4) is 0 Å². The minimum absolute atomic E-state index is 0.0247. The summed E-state index contributed by atoms with van der Waals surface area (Å²) in [4.78, 5) is 14.5. The SMILES string of the molecule is COc1ccc(-c2cc(CNC(=O)N3CCCC4(CCNC4)C3)on2)cc1. The summed E-state index contributed by atoms with van der Waals surface area (Å²) in [6.07, 6.45) is 3.43. The minimum Gasteiger partial charge on any atom is -0.497 e. The van der Waals surface area contributed by atoms with E-state index in [0.717, 1.165) is 56.0 Å². The van der Waals surface area contributed by atoms with E-state index in [9.17, 15) is 4.79 Å². The van der Waals surface area contributed by atoms with E-state index in [1.54, 1.807) is 7.11 Å². The van der Waals surface area contributed by atoms with Crippen LogP contribution in [0.5, 0.6) is 5.75 Å². The molecule has 2 aliphatic heterocycles. The lowest BCUT2D eigenvalue weighted by atomic mass is 9.79. The number of aromatic nitrogens is 1. The van der Waals surface area contributed by atoms with Gasteiger partial charge in [-0.3, -0.25) is 0 Å². The van der Waals surface area contributed by atoms with E-state index in [-0.39, 0.29) is 11.4 Å². The zero-order chi connectivity index (χ0) is 18.7. The molecule has 7 heteroatoms. The number of likely N-dealkylation sites (tertiary alicyclic amines) is 1. The van der Waals surface area contributed by atoms with E-state index >= 15 is 0 Å². The average molecular weight is 370 g/mol. The van der Waals surface area contributed by atoms with Crippen LogP contribution >= 0.6 is 0 Å². The molecular weight excluding hydrogens is 344 g/mol. The molecule has 4 rings (SSSR count). The van der Waals surface area contributed by atoms with E-state index in [1.165, 1.54) is 6.42 Å². The van der Waals surface area contributed by atoms with Gasteiger partial charge in [-0.15, -0.1) is 0 Å². The summed E-state index contributed by atoms with van der Waals surface area (Å²) >= 11 is 0. The zero-order valence-electron chi connectivity index (χ0n) is 15.7. The highest BCUT2D eigenvalue weighted by molar-refractivity contribution is 5.74. The molecule has 2 saturated heterocycles. The van der Waals surface area contributed by atoms with Crippen molar-refractivity contribution in [2.24, 2.45) is 5.41 Å². The Hall–Kier alpha value is -2.54. The Morgan fingerprint density at radius 3 is 2.96 bits per heavy atom. The molecular formula is C20H26N4O3. The number of hydrogen-bond donors (Lipinski definition) is 2. The lowest BCUT2D eigenvalue weighted by Crippen LogP contribution is -2.50. The van der Waals surface area contributed by atoms with Crippen LogP contribution in [-0.2, 0) is 6.54 Å². The van der Waals surface area contributed by atoms with E-state index < -0.39 is 0 Å². The number of carbonyl (C=O) groups excluding carboxylic acids is 1. The number of ether oxygens (including phenoxy) is 1. The smallest absolute Gasteiger partial charge is 0.317 e. The Morgan fingerprint density at radius 2 is 2.22 bits per heavy atom. The van der Waals surface area contributed by atoms with Gasteiger partial charge in [0.2, 0.25) is 0 Å². The highest BCUT2D eigenvalue weighted by Crippen LogP contribution is 2.35. The van der Waals surface area contributed by atoms with Crippen LogP contribution in [0, 0.1) is 5.41 Å². The predicted octanol–water partition coefficient (Wildman–Crippen LogP) is 2.64. The molecule has 0 saturated carbocycles. The Balaban J connectivity index is 1.33. The molecule has 27 heavy (non-hydrogen) atoms. The molecule has 1 aromatic heterocycles. The summed E-state index contributed by atoms with van der Waals surface area (Å²) in [7, 11) is 1.64. The summed E-state index contributed by atoms with van der Waals surface area (Å²) < 4.78 is 10.5. The Bertz CT molecular complexity index is 781. The summed E-state index contributed by atoms with van der Waals surface area (Å²) in [6.45, 7) is 4.07. The number of amides is 2. The van der Waals surface area contributed by atoms with Crippen molar-refractivity contribution in [3.05, 3.63) is 36.1 Å². The van der Waals surface area contributed by atoms with E-state index in [4.69, 9.17) is 9.26 Å². The monoisotopic (exact) mass is 370 g/mol. The van der Waals surface area contributed by atoms with E-state index in [0.29, 0.717) is 12.3 Å². The maximum absolute atomic E-state index is 12.6. The molecule has 1 atom stereocenters. The molecule has 2 fully saturated rings. The molecule has 2 N–H and O–H groups in total. The summed E-state index contributed by atoms with van der Waals surface area (Å²) in [5, 5.41) is 10.5. The van der Waals surface area contributed by atoms with Crippen LogP contribution in [0.4, 0.5) is 4.79 Å². The minimum atomic E-state index is -0.0247. The molecule has 2 amide bonds. The van der Waals surface area contributed by atoms with Crippen molar-refractivity contribution in [1.29, 1.82) is 0 Å². The van der Waals surface area contributed by atoms with E-state index in [1.807, 2.05) is 35.2 Å². The second-order valence-electron chi connectivity index (χ2n) is 7.52. The molecule has 1 unspecified atom stereocenters. The summed E-state index contributed by atoms with van der Waals surface area (Å²) in [5.74, 6) is 1.44. The van der Waals surface area contributed by atoms with Gasteiger partial charge in [0.05, 0.1) is 13.7 Å². The first-order valence-corrected chi connectivity index (χ1v) is 9.51. The highest BCUT2D eigenvalue weighted by atomic mass is 16.5. The number of nitrogens with zero attached hydrogens (tertiary/aromatic N) is 2. The Morgan fingerprint density at radius 1 is 1.37 bits per heavy atom. The fraction of sp³-hybridized carbons (Fsp3) is 0.500. The Labute approximate surface area is 159 Å². The number of piperidine rings is 1. The molecule has 1 spiro atoms. The third-order valence-electron chi connectivity index (χ3n) is 5.64. The van der Waals surface area contributed by atoms with Gasteiger partial charge in [-0.25, -0.2) is 4.79 Å². The quantitative estimate of drug-likeness (QED) is 0.865. The van der Waals surface area contributed by atoms with Gasteiger partial charge in [-0.2, -0.15) is 0 Å². The number of nitrogens with one attached hydrogen (secondary N) is 2. The number of carbonyl (C=O) groups is 1. The molecule has 7 nitrogen and oxygen atoms in total. The van der Waals surface area contributed by atoms with Gasteiger partial charge in [0.15, 0.2) is 5.76 Å². The van der Waals surface area contributed by atoms with Crippen LogP contribution in [-0.4, -0.2) is 49.4 Å². The number of methoxy groups -OCH3 is 1. The van der Waals surface area contributed by atoms with Gasteiger partial charge in [0, 0.05) is 36.7 Å². The van der Waals surface area contributed by atoms with Crippen molar-refractivity contribution in [3.63, 3.8) is 0 Å². The molecule has 0 bridgehead atoms. The standard InChI is InChI=1S/C20H26N4O3/c1-26-16-5-3-15(4-6-16)18-11-17(27-23-18)12-22-19(25)24-10-2-7-20(14-24)8-9-21-13-20/h3-6,11,21H,2,7-10,12-14H2,1H3,(H,22,25).